The van der Waals surface area contributed by atoms with Crippen LogP contribution in [0.1, 0.15) is 91.6 Å². The number of nitrogens with one attached hydrogen (secondary N) is 5. The first kappa shape index (κ1) is 51.9. The van der Waals surface area contributed by atoms with Crippen molar-refractivity contribution in [3.63, 3.8) is 0 Å². The zero-order valence-electron chi connectivity index (χ0n) is 38.6. The summed E-state index contributed by atoms with van der Waals surface area (Å²) in [5, 5.41) is 15.0. The number of carbonyl (C=O) groups excluding carboxylic acids is 5. The van der Waals surface area contributed by atoms with E-state index in [0.29, 0.717) is 44.2 Å². The molecule has 3 aliphatic rings. The number of amides is 3. The summed E-state index contributed by atoms with van der Waals surface area (Å²) in [6.45, 7) is 6.82. The molecule has 0 bridgehead atoms. The predicted octanol–water partition coefficient (Wildman–Crippen LogP) is 6.63. The van der Waals surface area contributed by atoms with Gasteiger partial charge in [-0.25, -0.2) is 0 Å². The van der Waals surface area contributed by atoms with Gasteiger partial charge in [-0.2, -0.15) is 0 Å². The van der Waals surface area contributed by atoms with Crippen molar-refractivity contribution < 1.29 is 24.0 Å². The lowest BCUT2D eigenvalue weighted by Gasteiger charge is -2.21. The van der Waals surface area contributed by atoms with Crippen molar-refractivity contribution >= 4 is 42.7 Å². The summed E-state index contributed by atoms with van der Waals surface area (Å²) >= 11 is 0. The summed E-state index contributed by atoms with van der Waals surface area (Å²) in [5.74, 6) is 7.09. The third kappa shape index (κ3) is 20.9. The standard InChI is InChI=1S/C38H46N6O2.C6H9NO2.C6H6.C4H6O/c1-39-28-35(42-27-34-12-9-25-44(34)3)32-22-20-30(21-23-32)15-14-29-16-18-31(19-17-29)26-43-36(45)13-7-8-24-41-38(46)37(40-2)33-10-5-4-6-11-33;8-4-3-7-6(9)5-1-2-5;1-2-4-6-5-3-1;5-3-4-1-2-4/h4-6,10-11,16-23,28,34,37,40,42H,1,7-9,12-13,24-27H2,2-3H3,(H,41,46)(H,43,45);4-5H,1-3H2,(H,7,9);1-6H;3-4H,1-2H2/b35-28-;;;. The summed E-state index contributed by atoms with van der Waals surface area (Å²) in [6, 6.07) is 37.8. The largest absolute Gasteiger partial charge is 0.382 e. The molecule has 3 fully saturated rings. The second-order valence-electron chi connectivity index (χ2n) is 16.4. The first-order chi connectivity index (χ1) is 32.2. The Kier molecular flexibility index (Phi) is 24.0. The second-order valence-corrected chi connectivity index (χ2v) is 16.4. The van der Waals surface area contributed by atoms with Crippen molar-refractivity contribution in [2.75, 3.05) is 40.3 Å². The van der Waals surface area contributed by atoms with Crippen molar-refractivity contribution in [1.29, 1.82) is 0 Å². The van der Waals surface area contributed by atoms with Gasteiger partial charge in [0.15, 0.2) is 0 Å². The van der Waals surface area contributed by atoms with E-state index in [2.05, 4.69) is 74.2 Å². The Morgan fingerprint density at radius 3 is 1.91 bits per heavy atom. The number of aldehydes is 2. The van der Waals surface area contributed by atoms with E-state index in [1.807, 2.05) is 103 Å². The number of likely N-dealkylation sites (tertiary alicyclic amines) is 1. The van der Waals surface area contributed by atoms with Gasteiger partial charge >= 0.3 is 0 Å². The predicted molar refractivity (Wildman–Crippen MR) is 264 cm³/mol. The Balaban J connectivity index is 0.000000385. The van der Waals surface area contributed by atoms with Crippen LogP contribution < -0.4 is 26.6 Å². The molecule has 1 aliphatic heterocycles. The summed E-state index contributed by atoms with van der Waals surface area (Å²) in [6.07, 6.45) is 12.1. The van der Waals surface area contributed by atoms with E-state index in [1.165, 1.54) is 12.8 Å². The van der Waals surface area contributed by atoms with E-state index in [0.717, 1.165) is 85.0 Å². The number of likely N-dealkylation sites (N-methyl/N-ethyl adjacent to an activating group) is 2. The molecule has 0 aromatic heterocycles. The van der Waals surface area contributed by atoms with Gasteiger partial charge in [-0.05, 0) is 120 Å². The van der Waals surface area contributed by atoms with Crippen LogP contribution in [0.15, 0.2) is 126 Å². The number of benzene rings is 4. The van der Waals surface area contributed by atoms with Gasteiger partial charge in [0.1, 0.15) is 18.6 Å². The average Bonchev–Trinajstić information content (AvgIpc) is 4.31. The van der Waals surface area contributed by atoms with E-state index in [-0.39, 0.29) is 36.2 Å². The number of hydrogen-bond acceptors (Lipinski definition) is 9. The normalized spacial score (nSPS) is 15.4. The van der Waals surface area contributed by atoms with E-state index < -0.39 is 0 Å². The number of rotatable bonds is 19. The van der Waals surface area contributed by atoms with Gasteiger partial charge in [-0.3, -0.25) is 19.4 Å². The van der Waals surface area contributed by atoms with Gasteiger partial charge in [-0.15, -0.1) is 0 Å². The highest BCUT2D eigenvalue weighted by Crippen LogP contribution is 2.28. The van der Waals surface area contributed by atoms with Crippen LogP contribution in [0.5, 0.6) is 0 Å². The van der Waals surface area contributed by atoms with Gasteiger partial charge in [-0.1, -0.05) is 103 Å². The number of unbranched alkanes of at least 4 members (excludes halogenated alkanes) is 1. The molecule has 12 heteroatoms. The quantitative estimate of drug-likeness (QED) is 0.0304. The topological polar surface area (TPSA) is 161 Å². The Morgan fingerprint density at radius 2 is 1.39 bits per heavy atom. The molecule has 2 unspecified atom stereocenters. The fraction of sp³-hybridized carbons (Fsp3) is 0.370. The fourth-order valence-corrected chi connectivity index (χ4v) is 6.72. The molecule has 66 heavy (non-hydrogen) atoms. The molecule has 3 amide bonds. The molecule has 7 rings (SSSR count). The molecule has 12 nitrogen and oxygen atoms in total. The molecule has 2 aliphatic carbocycles. The van der Waals surface area contributed by atoms with E-state index in [1.54, 1.807) is 13.2 Å². The van der Waals surface area contributed by atoms with E-state index in [4.69, 9.17) is 0 Å². The lowest BCUT2D eigenvalue weighted by atomic mass is 10.1. The number of nitrogens with zero attached hydrogens (tertiary/aromatic N) is 2. The molecular formula is C54H67N7O5. The van der Waals surface area contributed by atoms with Gasteiger partial charge in [0, 0.05) is 61.3 Å². The molecule has 348 valence electrons. The molecule has 1 heterocycles. The third-order valence-corrected chi connectivity index (χ3v) is 11.0. The average molecular weight is 894 g/mol. The van der Waals surface area contributed by atoms with Crippen LogP contribution in [-0.4, -0.2) is 88.2 Å². The molecule has 0 radical (unpaired) electrons. The SMILES string of the molecule is C=N/C=C(\NCC1CCCN1C)c1ccc(C#Cc2ccc(CNC(=O)CCCCNC(=O)C(NC)c3ccccc3)cc2)cc1.O=CC1CC1.O=CCNC(=O)C1CC1.c1ccccc1. The zero-order valence-corrected chi connectivity index (χ0v) is 38.6. The minimum absolute atomic E-state index is 0.000949. The molecule has 0 spiro atoms. The van der Waals surface area contributed by atoms with Crippen molar-refractivity contribution in [3.05, 3.63) is 149 Å². The highest BCUT2D eigenvalue weighted by Gasteiger charge is 2.29. The number of carbonyl (C=O) groups is 5. The molecule has 2 atom stereocenters. The van der Waals surface area contributed by atoms with Crippen molar-refractivity contribution in [2.24, 2.45) is 16.8 Å². The van der Waals surface area contributed by atoms with Gasteiger partial charge in [0.2, 0.25) is 17.7 Å². The smallest absolute Gasteiger partial charge is 0.241 e. The van der Waals surface area contributed by atoms with Crippen molar-refractivity contribution in [2.45, 2.75) is 76.4 Å². The van der Waals surface area contributed by atoms with Gasteiger partial charge in [0.25, 0.3) is 0 Å². The molecule has 1 saturated heterocycles. The first-order valence-electron chi connectivity index (χ1n) is 23.0. The van der Waals surface area contributed by atoms with Crippen molar-refractivity contribution in [3.8, 4) is 11.8 Å². The highest BCUT2D eigenvalue weighted by atomic mass is 16.2. The highest BCUT2D eigenvalue weighted by molar-refractivity contribution is 5.83. The van der Waals surface area contributed by atoms with Crippen LogP contribution in [0.2, 0.25) is 0 Å². The Morgan fingerprint density at radius 1 is 0.773 bits per heavy atom. The lowest BCUT2D eigenvalue weighted by molar-refractivity contribution is -0.124. The van der Waals surface area contributed by atoms with Crippen LogP contribution in [0.25, 0.3) is 5.70 Å². The summed E-state index contributed by atoms with van der Waals surface area (Å²) in [4.78, 5) is 61.2. The Hall–Kier alpha value is -6.68. The Labute approximate surface area is 391 Å². The van der Waals surface area contributed by atoms with Gasteiger partial charge in [0.05, 0.1) is 12.2 Å². The first-order valence-corrected chi connectivity index (χ1v) is 23.0. The lowest BCUT2D eigenvalue weighted by Crippen LogP contribution is -2.36. The summed E-state index contributed by atoms with van der Waals surface area (Å²) < 4.78 is 0. The van der Waals surface area contributed by atoms with Crippen molar-refractivity contribution in [1.82, 2.24) is 31.5 Å². The maximum absolute atomic E-state index is 12.5. The van der Waals surface area contributed by atoms with E-state index in [9.17, 15) is 24.0 Å². The number of aliphatic imine (C=N–C) groups is 1. The third-order valence-electron chi connectivity index (χ3n) is 11.0. The zero-order chi connectivity index (χ0) is 47.2. The van der Waals surface area contributed by atoms with Crippen LogP contribution in [0, 0.1) is 23.7 Å². The molecule has 2 saturated carbocycles. The maximum atomic E-state index is 12.5. The number of hydrogen-bond donors (Lipinski definition) is 5. The summed E-state index contributed by atoms with van der Waals surface area (Å²) in [7, 11) is 3.95. The summed E-state index contributed by atoms with van der Waals surface area (Å²) in [5.41, 5.74) is 5.79. The molecule has 4 aromatic carbocycles. The second kappa shape index (κ2) is 30.5. The molecular weight excluding hydrogens is 827 g/mol. The fourth-order valence-electron chi connectivity index (χ4n) is 6.72. The van der Waals surface area contributed by atoms with Crippen LogP contribution in [0.3, 0.4) is 0 Å². The van der Waals surface area contributed by atoms with Crippen LogP contribution >= 0.6 is 0 Å². The van der Waals surface area contributed by atoms with Crippen LogP contribution in [0.4, 0.5) is 0 Å². The Bertz CT molecular complexity index is 2140. The van der Waals surface area contributed by atoms with E-state index >= 15 is 0 Å². The molecule has 5 N–H and O–H groups in total. The molecule has 4 aromatic rings. The minimum atomic E-state index is -0.388. The van der Waals surface area contributed by atoms with Crippen LogP contribution in [-0.2, 0) is 30.5 Å². The monoisotopic (exact) mass is 894 g/mol. The van der Waals surface area contributed by atoms with Gasteiger partial charge < -0.3 is 41.1 Å². The maximum Gasteiger partial charge on any atom is 0.241 e. The minimum Gasteiger partial charge on any atom is -0.382 e.